The van der Waals surface area contributed by atoms with Crippen LogP contribution in [0.3, 0.4) is 0 Å². The van der Waals surface area contributed by atoms with Gasteiger partial charge in [0.15, 0.2) is 0 Å². The fraction of sp³-hybridized carbons (Fsp3) is 0.143. The summed E-state index contributed by atoms with van der Waals surface area (Å²) in [6.45, 7) is 0.808. The number of rotatable bonds is 2. The molecule has 2 N–H and O–H groups in total. The zero-order valence-corrected chi connectivity index (χ0v) is 11.3. The number of benzene rings is 2. The third kappa shape index (κ3) is 2.21. The maximum Gasteiger partial charge on any atom is 0.130 e. The Hall–Kier alpha value is -1.16. The molecule has 0 aliphatic carbocycles. The average Bonchev–Trinajstić information content (AvgIpc) is 2.69. The van der Waals surface area contributed by atoms with Crippen molar-refractivity contribution in [1.82, 2.24) is 0 Å². The quantitative estimate of drug-likeness (QED) is 0.907. The van der Waals surface area contributed by atoms with Crippen LogP contribution in [-0.4, -0.2) is 5.50 Å². The van der Waals surface area contributed by atoms with E-state index in [4.69, 9.17) is 17.3 Å². The largest absolute Gasteiger partial charge is 0.342 e. The topological polar surface area (TPSA) is 29.3 Å². The van der Waals surface area contributed by atoms with Crippen LogP contribution in [0.15, 0.2) is 53.4 Å². The highest BCUT2D eigenvalue weighted by Gasteiger charge is 2.26. The number of hydrogen-bond donors (Lipinski definition) is 1. The van der Waals surface area contributed by atoms with Crippen LogP contribution in [0.1, 0.15) is 5.56 Å². The molecule has 0 aromatic heterocycles. The van der Waals surface area contributed by atoms with Crippen molar-refractivity contribution < 1.29 is 0 Å². The van der Waals surface area contributed by atoms with E-state index in [1.165, 1.54) is 16.1 Å². The van der Waals surface area contributed by atoms with Crippen LogP contribution in [0.4, 0.5) is 5.69 Å². The fourth-order valence-corrected chi connectivity index (χ4v) is 3.25. The highest BCUT2D eigenvalue weighted by Crippen LogP contribution is 2.41. The van der Waals surface area contributed by atoms with Crippen LogP contribution in [0.5, 0.6) is 0 Å². The predicted octanol–water partition coefficient (Wildman–Crippen LogP) is 3.69. The summed E-state index contributed by atoms with van der Waals surface area (Å²) in [5.74, 6) is 0. The molecule has 0 amide bonds. The molecule has 1 aliphatic heterocycles. The first-order valence-electron chi connectivity index (χ1n) is 5.76. The molecule has 1 atom stereocenters. The van der Waals surface area contributed by atoms with Crippen LogP contribution in [0.2, 0.25) is 5.02 Å². The van der Waals surface area contributed by atoms with Gasteiger partial charge in [0.2, 0.25) is 0 Å². The zero-order chi connectivity index (χ0) is 12.5. The number of nitrogens with zero attached hydrogens (tertiary/aromatic N) is 1. The van der Waals surface area contributed by atoms with Gasteiger partial charge in [0.1, 0.15) is 5.50 Å². The summed E-state index contributed by atoms with van der Waals surface area (Å²) >= 11 is 7.59. The minimum Gasteiger partial charge on any atom is -0.342 e. The highest BCUT2D eigenvalue weighted by molar-refractivity contribution is 8.00. The second-order valence-corrected chi connectivity index (χ2v) is 5.83. The number of halogens is 1. The van der Waals surface area contributed by atoms with Crippen molar-refractivity contribution >= 4 is 29.1 Å². The minimum atomic E-state index is -0.0157. The predicted molar refractivity (Wildman–Crippen MR) is 77.9 cm³/mol. The summed E-state index contributed by atoms with van der Waals surface area (Å²) in [7, 11) is 0. The lowest BCUT2D eigenvalue weighted by Crippen LogP contribution is -2.35. The first-order chi connectivity index (χ1) is 8.74. The van der Waals surface area contributed by atoms with Crippen LogP contribution in [0, 0.1) is 0 Å². The van der Waals surface area contributed by atoms with Gasteiger partial charge in [-0.15, -0.1) is 0 Å². The van der Waals surface area contributed by atoms with Crippen LogP contribution in [0.25, 0.3) is 0 Å². The van der Waals surface area contributed by atoms with Crippen molar-refractivity contribution in [3.05, 3.63) is 59.1 Å². The van der Waals surface area contributed by atoms with Crippen molar-refractivity contribution in [2.75, 3.05) is 4.90 Å². The molecule has 1 aliphatic rings. The molecule has 0 bridgehead atoms. The lowest BCUT2D eigenvalue weighted by atomic mass is 10.2. The normalized spacial score (nSPS) is 17.9. The van der Waals surface area contributed by atoms with Gasteiger partial charge in [-0.25, -0.2) is 0 Å². The van der Waals surface area contributed by atoms with E-state index in [1.54, 1.807) is 11.8 Å². The Morgan fingerprint density at radius 2 is 1.83 bits per heavy atom. The average molecular weight is 277 g/mol. The third-order valence-electron chi connectivity index (χ3n) is 3.00. The Morgan fingerprint density at radius 1 is 1.11 bits per heavy atom. The molecule has 18 heavy (non-hydrogen) atoms. The molecule has 0 saturated heterocycles. The first kappa shape index (κ1) is 11.9. The van der Waals surface area contributed by atoms with Gasteiger partial charge >= 0.3 is 0 Å². The Bertz CT molecular complexity index is 556. The number of anilines is 1. The monoisotopic (exact) mass is 276 g/mol. The Kier molecular flexibility index (Phi) is 3.20. The van der Waals surface area contributed by atoms with Gasteiger partial charge in [0.25, 0.3) is 0 Å². The van der Waals surface area contributed by atoms with E-state index in [2.05, 4.69) is 17.0 Å². The number of para-hydroxylation sites is 1. The van der Waals surface area contributed by atoms with Crippen molar-refractivity contribution in [3.8, 4) is 0 Å². The van der Waals surface area contributed by atoms with Gasteiger partial charge in [0.05, 0.1) is 5.69 Å². The van der Waals surface area contributed by atoms with Gasteiger partial charge < -0.3 is 10.6 Å². The van der Waals surface area contributed by atoms with Crippen molar-refractivity contribution in [3.63, 3.8) is 0 Å². The van der Waals surface area contributed by atoms with E-state index in [-0.39, 0.29) is 5.50 Å². The van der Waals surface area contributed by atoms with E-state index < -0.39 is 0 Å². The smallest absolute Gasteiger partial charge is 0.130 e. The second-order valence-electron chi connectivity index (χ2n) is 4.23. The molecule has 1 unspecified atom stereocenters. The summed E-state index contributed by atoms with van der Waals surface area (Å²) in [5.41, 5.74) is 8.58. The van der Waals surface area contributed by atoms with Gasteiger partial charge in [-0.1, -0.05) is 47.6 Å². The summed E-state index contributed by atoms with van der Waals surface area (Å²) < 4.78 is 0. The third-order valence-corrected chi connectivity index (χ3v) is 4.34. The molecule has 4 heteroatoms. The molecule has 2 nitrogen and oxygen atoms in total. The number of fused-ring (bicyclic) bond motifs is 1. The van der Waals surface area contributed by atoms with E-state index in [0.29, 0.717) is 0 Å². The summed E-state index contributed by atoms with van der Waals surface area (Å²) in [5, 5.41) is 0.763. The number of thioether (sulfide) groups is 1. The molecule has 2 aromatic rings. The molecule has 0 radical (unpaired) electrons. The fourth-order valence-electron chi connectivity index (χ4n) is 2.09. The van der Waals surface area contributed by atoms with E-state index in [9.17, 15) is 0 Å². The lowest BCUT2D eigenvalue weighted by Gasteiger charge is -2.23. The zero-order valence-electron chi connectivity index (χ0n) is 9.71. The Morgan fingerprint density at radius 3 is 2.61 bits per heavy atom. The number of hydrogen-bond acceptors (Lipinski definition) is 3. The van der Waals surface area contributed by atoms with Crippen LogP contribution in [-0.2, 0) is 6.54 Å². The van der Waals surface area contributed by atoms with Gasteiger partial charge in [-0.3, -0.25) is 0 Å². The summed E-state index contributed by atoms with van der Waals surface area (Å²) in [6.07, 6.45) is 0. The molecule has 0 spiro atoms. The summed E-state index contributed by atoms with van der Waals surface area (Å²) in [4.78, 5) is 3.46. The highest BCUT2D eigenvalue weighted by atomic mass is 35.5. The van der Waals surface area contributed by atoms with Gasteiger partial charge in [0, 0.05) is 16.5 Å². The first-order valence-corrected chi connectivity index (χ1v) is 7.02. The van der Waals surface area contributed by atoms with Crippen LogP contribution < -0.4 is 10.6 Å². The second kappa shape index (κ2) is 4.84. The Balaban J connectivity index is 1.87. The van der Waals surface area contributed by atoms with Crippen molar-refractivity contribution in [1.29, 1.82) is 0 Å². The van der Waals surface area contributed by atoms with Crippen molar-refractivity contribution in [2.45, 2.75) is 16.9 Å². The maximum absolute atomic E-state index is 6.17. The number of nitrogens with two attached hydrogens (primary N) is 1. The molecular weight excluding hydrogens is 264 g/mol. The molecule has 1 heterocycles. The van der Waals surface area contributed by atoms with E-state index in [0.717, 1.165) is 11.6 Å². The molecule has 3 rings (SSSR count). The SMILES string of the molecule is NC1Sc2ccccc2N1Cc1ccc(Cl)cc1. The van der Waals surface area contributed by atoms with E-state index in [1.807, 2.05) is 36.4 Å². The maximum atomic E-state index is 6.17. The van der Waals surface area contributed by atoms with Gasteiger partial charge in [-0.2, -0.15) is 0 Å². The molecule has 2 aromatic carbocycles. The Labute approximate surface area is 116 Å². The van der Waals surface area contributed by atoms with E-state index >= 15 is 0 Å². The molecule has 0 saturated carbocycles. The standard InChI is InChI=1S/C14H13ClN2S/c15-11-7-5-10(6-8-11)9-17-12-3-1-2-4-13(12)18-14(17)16/h1-8,14H,9,16H2. The molecule has 0 fully saturated rings. The minimum absolute atomic E-state index is 0.0157. The van der Waals surface area contributed by atoms with Gasteiger partial charge in [-0.05, 0) is 29.8 Å². The molecular formula is C14H13ClN2S. The lowest BCUT2D eigenvalue weighted by molar-refractivity contribution is 0.779. The van der Waals surface area contributed by atoms with Crippen LogP contribution >= 0.6 is 23.4 Å². The summed E-state index contributed by atoms with van der Waals surface area (Å²) in [6, 6.07) is 16.2. The molecule has 92 valence electrons. The van der Waals surface area contributed by atoms with Crippen molar-refractivity contribution in [2.24, 2.45) is 5.73 Å².